The zero-order chi connectivity index (χ0) is 24.1. The highest BCUT2D eigenvalue weighted by Crippen LogP contribution is 2.32. The standard InChI is InChI=1S/C26H23N5O2S/c1-26(2,3)31-16-30-23-8-7-19(11-24(23)31)22-14-29-25-21(22)10-18(13-28-25)15-34(32,33)20-6-4-5-17(9-20)12-27/h4-11,13-14,16H,15H2,1-3H3,(H,28,29). The van der Waals surface area contributed by atoms with Crippen molar-refractivity contribution < 1.29 is 8.42 Å². The highest BCUT2D eigenvalue weighted by Gasteiger charge is 2.19. The molecule has 0 bridgehead atoms. The minimum absolute atomic E-state index is 0.112. The molecule has 0 saturated carbocycles. The quantitative estimate of drug-likeness (QED) is 0.390. The Balaban J connectivity index is 1.56. The fourth-order valence-corrected chi connectivity index (χ4v) is 5.49. The summed E-state index contributed by atoms with van der Waals surface area (Å²) in [6.07, 6.45) is 5.33. The van der Waals surface area contributed by atoms with Crippen molar-refractivity contribution in [1.82, 2.24) is 19.5 Å². The molecule has 0 amide bonds. The average molecular weight is 470 g/mol. The first-order chi connectivity index (χ1) is 16.2. The number of sulfone groups is 1. The van der Waals surface area contributed by atoms with Crippen molar-refractivity contribution in [3.8, 4) is 17.2 Å². The van der Waals surface area contributed by atoms with Crippen molar-refractivity contribution in [3.05, 3.63) is 78.4 Å². The Morgan fingerprint density at radius 1 is 1.09 bits per heavy atom. The van der Waals surface area contributed by atoms with E-state index >= 15 is 0 Å². The third-order valence-electron chi connectivity index (χ3n) is 5.85. The maximum atomic E-state index is 13.0. The van der Waals surface area contributed by atoms with E-state index < -0.39 is 9.84 Å². The molecule has 0 aliphatic heterocycles. The van der Waals surface area contributed by atoms with E-state index in [4.69, 9.17) is 5.26 Å². The van der Waals surface area contributed by atoms with Crippen molar-refractivity contribution in [2.24, 2.45) is 0 Å². The highest BCUT2D eigenvalue weighted by atomic mass is 32.2. The number of rotatable bonds is 4. The maximum Gasteiger partial charge on any atom is 0.182 e. The molecule has 0 spiro atoms. The zero-order valence-corrected chi connectivity index (χ0v) is 19.9. The van der Waals surface area contributed by atoms with Gasteiger partial charge in [0.25, 0.3) is 0 Å². The fraction of sp³-hybridized carbons (Fsp3) is 0.192. The molecule has 2 aromatic carbocycles. The van der Waals surface area contributed by atoms with Crippen LogP contribution in [-0.4, -0.2) is 27.9 Å². The molecule has 0 fully saturated rings. The molecule has 5 aromatic rings. The number of nitriles is 1. The van der Waals surface area contributed by atoms with Gasteiger partial charge in [-0.25, -0.2) is 18.4 Å². The molecule has 1 N–H and O–H groups in total. The number of aromatic nitrogens is 4. The largest absolute Gasteiger partial charge is 0.346 e. The van der Waals surface area contributed by atoms with Gasteiger partial charge in [-0.1, -0.05) is 12.1 Å². The van der Waals surface area contributed by atoms with Gasteiger partial charge in [0, 0.05) is 28.9 Å². The van der Waals surface area contributed by atoms with Gasteiger partial charge in [0.1, 0.15) is 5.65 Å². The number of imidazole rings is 1. The number of fused-ring (bicyclic) bond motifs is 2. The normalized spacial score (nSPS) is 12.3. The molecular weight excluding hydrogens is 446 g/mol. The van der Waals surface area contributed by atoms with Crippen LogP contribution in [-0.2, 0) is 21.1 Å². The molecule has 0 radical (unpaired) electrons. The molecule has 5 rings (SSSR count). The first kappa shape index (κ1) is 21.9. The van der Waals surface area contributed by atoms with E-state index in [1.54, 1.807) is 18.3 Å². The van der Waals surface area contributed by atoms with Crippen LogP contribution in [0.4, 0.5) is 0 Å². The van der Waals surface area contributed by atoms with E-state index in [-0.39, 0.29) is 16.2 Å². The summed E-state index contributed by atoms with van der Waals surface area (Å²) < 4.78 is 28.1. The molecule has 8 heteroatoms. The smallest absolute Gasteiger partial charge is 0.182 e. The number of nitrogens with one attached hydrogen (secondary N) is 1. The Hall–Kier alpha value is -3.96. The topological polar surface area (TPSA) is 104 Å². The Kier molecular flexibility index (Phi) is 5.03. The lowest BCUT2D eigenvalue weighted by atomic mass is 10.0. The van der Waals surface area contributed by atoms with Gasteiger partial charge in [-0.15, -0.1) is 0 Å². The summed E-state index contributed by atoms with van der Waals surface area (Å²) in [5, 5.41) is 9.95. The first-order valence-electron chi connectivity index (χ1n) is 10.8. The van der Waals surface area contributed by atoms with E-state index in [0.717, 1.165) is 27.5 Å². The van der Waals surface area contributed by atoms with Crippen molar-refractivity contribution >= 4 is 31.9 Å². The molecule has 0 aliphatic carbocycles. The molecule has 0 unspecified atom stereocenters. The SMILES string of the molecule is CC(C)(C)n1cnc2ccc(-c3c[nH]c4ncc(CS(=O)(=O)c5cccc(C#N)c5)cc34)cc21. The predicted molar refractivity (Wildman–Crippen MR) is 132 cm³/mol. The van der Waals surface area contributed by atoms with Crippen LogP contribution in [0.1, 0.15) is 31.9 Å². The molecule has 3 heterocycles. The van der Waals surface area contributed by atoms with E-state index in [2.05, 4.69) is 46.4 Å². The molecule has 0 saturated heterocycles. The van der Waals surface area contributed by atoms with Gasteiger partial charge in [0.2, 0.25) is 0 Å². The van der Waals surface area contributed by atoms with Gasteiger partial charge >= 0.3 is 0 Å². The minimum Gasteiger partial charge on any atom is -0.346 e. The lowest BCUT2D eigenvalue weighted by molar-refractivity contribution is 0.408. The van der Waals surface area contributed by atoms with E-state index in [9.17, 15) is 8.42 Å². The van der Waals surface area contributed by atoms with Crippen LogP contribution >= 0.6 is 0 Å². The number of pyridine rings is 1. The molecule has 0 aliphatic rings. The van der Waals surface area contributed by atoms with Crippen LogP contribution in [0.2, 0.25) is 0 Å². The molecule has 7 nitrogen and oxygen atoms in total. The lowest BCUT2D eigenvalue weighted by Gasteiger charge is -2.21. The number of hydrogen-bond acceptors (Lipinski definition) is 5. The summed E-state index contributed by atoms with van der Waals surface area (Å²) in [5.74, 6) is -0.203. The van der Waals surface area contributed by atoms with Gasteiger partial charge in [-0.2, -0.15) is 5.26 Å². The molecule has 3 aromatic heterocycles. The molecule has 0 atom stereocenters. The second-order valence-corrected chi connectivity index (χ2v) is 11.3. The Bertz CT molecular complexity index is 1700. The molecule has 170 valence electrons. The summed E-state index contributed by atoms with van der Waals surface area (Å²) in [5.41, 5.74) is 5.35. The Labute approximate surface area is 197 Å². The van der Waals surface area contributed by atoms with Gasteiger partial charge < -0.3 is 9.55 Å². The van der Waals surface area contributed by atoms with Crippen molar-refractivity contribution in [2.45, 2.75) is 37.0 Å². The van der Waals surface area contributed by atoms with Gasteiger partial charge in [0.15, 0.2) is 9.84 Å². The van der Waals surface area contributed by atoms with Crippen molar-refractivity contribution in [1.29, 1.82) is 5.26 Å². The van der Waals surface area contributed by atoms with Gasteiger partial charge in [0.05, 0.1) is 39.6 Å². The Morgan fingerprint density at radius 3 is 2.68 bits per heavy atom. The third kappa shape index (κ3) is 3.84. The fourth-order valence-electron chi connectivity index (χ4n) is 4.14. The summed E-state index contributed by atoms with van der Waals surface area (Å²) in [7, 11) is -3.63. The number of hydrogen-bond donors (Lipinski definition) is 1. The second kappa shape index (κ2) is 7.82. The summed E-state index contributed by atoms with van der Waals surface area (Å²) in [4.78, 5) is 12.3. The van der Waals surface area contributed by atoms with E-state index in [1.807, 2.05) is 36.8 Å². The minimum atomic E-state index is -3.63. The number of H-pyrrole nitrogens is 1. The van der Waals surface area contributed by atoms with E-state index in [1.165, 1.54) is 12.1 Å². The highest BCUT2D eigenvalue weighted by molar-refractivity contribution is 7.90. The second-order valence-electron chi connectivity index (χ2n) is 9.33. The van der Waals surface area contributed by atoms with Crippen LogP contribution < -0.4 is 0 Å². The monoisotopic (exact) mass is 469 g/mol. The van der Waals surface area contributed by atoms with Crippen LogP contribution in [0.3, 0.4) is 0 Å². The molecular formula is C26H23N5O2S. The summed E-state index contributed by atoms with van der Waals surface area (Å²) in [6, 6.07) is 16.0. The average Bonchev–Trinajstić information content (AvgIpc) is 3.42. The number of aromatic amines is 1. The van der Waals surface area contributed by atoms with Crippen molar-refractivity contribution in [2.75, 3.05) is 0 Å². The lowest BCUT2D eigenvalue weighted by Crippen LogP contribution is -2.20. The predicted octanol–water partition coefficient (Wildman–Crippen LogP) is 5.18. The maximum absolute atomic E-state index is 13.0. The van der Waals surface area contributed by atoms with Crippen LogP contribution in [0.15, 0.2) is 72.1 Å². The van der Waals surface area contributed by atoms with Crippen LogP contribution in [0.5, 0.6) is 0 Å². The van der Waals surface area contributed by atoms with Crippen molar-refractivity contribution in [3.63, 3.8) is 0 Å². The first-order valence-corrected chi connectivity index (χ1v) is 12.5. The van der Waals surface area contributed by atoms with Crippen LogP contribution in [0, 0.1) is 11.3 Å². The van der Waals surface area contributed by atoms with Gasteiger partial charge in [-0.3, -0.25) is 0 Å². The zero-order valence-electron chi connectivity index (χ0n) is 19.1. The third-order valence-corrected chi connectivity index (χ3v) is 7.53. The number of benzene rings is 2. The van der Waals surface area contributed by atoms with Crippen LogP contribution in [0.25, 0.3) is 33.2 Å². The Morgan fingerprint density at radius 2 is 1.91 bits per heavy atom. The summed E-state index contributed by atoms with van der Waals surface area (Å²) in [6.45, 7) is 6.40. The summed E-state index contributed by atoms with van der Waals surface area (Å²) >= 11 is 0. The molecule has 34 heavy (non-hydrogen) atoms. The van der Waals surface area contributed by atoms with E-state index in [0.29, 0.717) is 16.8 Å². The number of nitrogens with zero attached hydrogens (tertiary/aromatic N) is 4. The van der Waals surface area contributed by atoms with Gasteiger partial charge in [-0.05, 0) is 68.3 Å².